The van der Waals surface area contributed by atoms with Gasteiger partial charge in [-0.1, -0.05) is 42.8 Å². The van der Waals surface area contributed by atoms with E-state index in [1.807, 2.05) is 50.2 Å². The van der Waals surface area contributed by atoms with E-state index in [2.05, 4.69) is 5.32 Å². The van der Waals surface area contributed by atoms with E-state index < -0.39 is 18.1 Å². The molecule has 4 N–H and O–H groups in total. The van der Waals surface area contributed by atoms with Crippen molar-refractivity contribution in [1.29, 1.82) is 0 Å². The molecule has 0 saturated heterocycles. The third-order valence-electron chi connectivity index (χ3n) is 7.09. The van der Waals surface area contributed by atoms with Crippen molar-refractivity contribution < 1.29 is 39.1 Å². The van der Waals surface area contributed by atoms with Gasteiger partial charge in [0.25, 0.3) is 0 Å². The van der Waals surface area contributed by atoms with Gasteiger partial charge in [0.1, 0.15) is 36.9 Å². The number of carboxylic acids is 1. The van der Waals surface area contributed by atoms with Gasteiger partial charge in [-0.25, -0.2) is 0 Å². The maximum absolute atomic E-state index is 11.6. The van der Waals surface area contributed by atoms with Crippen LogP contribution in [0.25, 0.3) is 11.1 Å². The highest BCUT2D eigenvalue weighted by atomic mass is 35.5. The van der Waals surface area contributed by atoms with Gasteiger partial charge in [0.15, 0.2) is 11.5 Å². The normalized spacial score (nSPS) is 14.7. The molecule has 0 fully saturated rings. The molecule has 3 aromatic rings. The summed E-state index contributed by atoms with van der Waals surface area (Å²) in [7, 11) is 0. The van der Waals surface area contributed by atoms with Crippen LogP contribution in [0.2, 0.25) is 5.02 Å². The van der Waals surface area contributed by atoms with Crippen LogP contribution < -0.4 is 24.3 Å². The van der Waals surface area contributed by atoms with E-state index in [1.165, 1.54) is 6.92 Å². The highest BCUT2D eigenvalue weighted by molar-refractivity contribution is 6.32. The van der Waals surface area contributed by atoms with Crippen LogP contribution in [0.1, 0.15) is 30.5 Å². The van der Waals surface area contributed by atoms with Crippen molar-refractivity contribution >= 4 is 17.6 Å². The zero-order valence-electron chi connectivity index (χ0n) is 23.4. The predicted octanol–water partition coefficient (Wildman–Crippen LogP) is 4.60. The molecule has 0 saturated carbocycles. The third kappa shape index (κ3) is 7.23. The Morgan fingerprint density at radius 2 is 1.80 bits per heavy atom. The van der Waals surface area contributed by atoms with Crippen LogP contribution in [0, 0.1) is 12.8 Å². The number of nitrogens with one attached hydrogen (secondary N) is 1. The van der Waals surface area contributed by atoms with Crippen LogP contribution in [0.15, 0.2) is 48.5 Å². The maximum Gasteiger partial charge on any atom is 0.326 e. The van der Waals surface area contributed by atoms with E-state index in [0.717, 1.165) is 33.8 Å². The van der Waals surface area contributed by atoms with Gasteiger partial charge >= 0.3 is 5.97 Å². The molecule has 2 atom stereocenters. The quantitative estimate of drug-likeness (QED) is 0.228. The Hall–Kier alpha value is -3.50. The Balaban J connectivity index is 1.56. The lowest BCUT2D eigenvalue weighted by Gasteiger charge is -2.25. The number of aliphatic hydroxyl groups excluding tert-OH is 2. The largest absolute Gasteiger partial charge is 0.493 e. The van der Waals surface area contributed by atoms with Crippen LogP contribution in [0.4, 0.5) is 0 Å². The fraction of sp³-hybridized carbons (Fsp3) is 0.387. The molecule has 0 radical (unpaired) electrons. The molecule has 1 unspecified atom stereocenters. The molecular formula is C31H36ClNO8. The molecule has 0 spiro atoms. The fourth-order valence-electron chi connectivity index (χ4n) is 4.25. The highest BCUT2D eigenvalue weighted by Gasteiger charge is 2.32. The zero-order valence-corrected chi connectivity index (χ0v) is 24.2. The Morgan fingerprint density at radius 1 is 1.05 bits per heavy atom. The lowest BCUT2D eigenvalue weighted by atomic mass is 9.96. The summed E-state index contributed by atoms with van der Waals surface area (Å²) in [6, 6.07) is 15.2. The van der Waals surface area contributed by atoms with Crippen LogP contribution in [-0.4, -0.2) is 59.9 Å². The van der Waals surface area contributed by atoms with Crippen molar-refractivity contribution in [2.45, 2.75) is 39.5 Å². The Labute approximate surface area is 244 Å². The first-order valence-electron chi connectivity index (χ1n) is 13.4. The Bertz CT molecular complexity index is 1380. The van der Waals surface area contributed by atoms with Crippen molar-refractivity contribution in [2.75, 3.05) is 33.0 Å². The summed E-state index contributed by atoms with van der Waals surface area (Å²) < 4.78 is 23.5. The van der Waals surface area contributed by atoms with E-state index in [1.54, 1.807) is 12.1 Å². The third-order valence-corrected chi connectivity index (χ3v) is 7.39. The predicted molar refractivity (Wildman–Crippen MR) is 155 cm³/mol. The molecule has 3 aromatic carbocycles. The minimum Gasteiger partial charge on any atom is -0.493 e. The Kier molecular flexibility index (Phi) is 9.99. The van der Waals surface area contributed by atoms with Crippen molar-refractivity contribution in [2.24, 2.45) is 5.92 Å². The molecule has 1 aliphatic rings. The number of aliphatic hydroxyl groups is 2. The summed E-state index contributed by atoms with van der Waals surface area (Å²) in [5.41, 5.74) is 3.11. The second-order valence-corrected chi connectivity index (χ2v) is 10.8. The van der Waals surface area contributed by atoms with E-state index >= 15 is 0 Å². The minimum atomic E-state index is -1.54. The summed E-state index contributed by atoms with van der Waals surface area (Å²) >= 11 is 6.60. The van der Waals surface area contributed by atoms with Crippen LogP contribution in [0.5, 0.6) is 23.0 Å². The fourth-order valence-corrected chi connectivity index (χ4v) is 4.49. The van der Waals surface area contributed by atoms with E-state index in [4.69, 9.17) is 30.5 Å². The number of carboxylic acid groups (broad SMARTS) is 1. The topological polar surface area (TPSA) is 127 Å². The molecule has 0 bridgehead atoms. The monoisotopic (exact) mass is 585 g/mol. The SMILES string of the molecule is Cc1c(COc2cc(OC[C@H](C)CO)c(CNC(C)(CO)C(=O)O)cc2Cl)cccc1-c1ccc2c(c1)OCCO2. The van der Waals surface area contributed by atoms with Crippen molar-refractivity contribution in [3.05, 3.63) is 70.2 Å². The lowest BCUT2D eigenvalue weighted by Crippen LogP contribution is -2.52. The molecule has 10 heteroatoms. The second-order valence-electron chi connectivity index (χ2n) is 10.4. The summed E-state index contributed by atoms with van der Waals surface area (Å²) in [4.78, 5) is 11.6. The first-order valence-corrected chi connectivity index (χ1v) is 13.8. The van der Waals surface area contributed by atoms with Crippen LogP contribution >= 0.6 is 11.6 Å². The summed E-state index contributed by atoms with van der Waals surface area (Å²) in [5, 5.41) is 31.7. The summed E-state index contributed by atoms with van der Waals surface area (Å²) in [6.45, 7) is 6.23. The molecule has 41 heavy (non-hydrogen) atoms. The van der Waals surface area contributed by atoms with E-state index in [9.17, 15) is 20.1 Å². The molecule has 220 valence electrons. The number of fused-ring (bicyclic) bond motifs is 1. The lowest BCUT2D eigenvalue weighted by molar-refractivity contribution is -0.145. The zero-order chi connectivity index (χ0) is 29.6. The summed E-state index contributed by atoms with van der Waals surface area (Å²) in [5.74, 6) is 0.987. The molecule has 4 rings (SSSR count). The molecule has 0 amide bonds. The molecule has 0 aliphatic carbocycles. The van der Waals surface area contributed by atoms with Crippen LogP contribution in [0.3, 0.4) is 0 Å². The number of hydrogen-bond donors (Lipinski definition) is 4. The number of hydrogen-bond acceptors (Lipinski definition) is 8. The number of rotatable bonds is 13. The number of aliphatic carboxylic acids is 1. The number of carbonyl (C=O) groups is 1. The van der Waals surface area contributed by atoms with Crippen LogP contribution in [-0.2, 0) is 17.9 Å². The second kappa shape index (κ2) is 13.4. The molecule has 1 heterocycles. The van der Waals surface area contributed by atoms with Gasteiger partial charge in [0.05, 0.1) is 18.2 Å². The van der Waals surface area contributed by atoms with Gasteiger partial charge < -0.3 is 34.3 Å². The van der Waals surface area contributed by atoms with Gasteiger partial charge in [-0.15, -0.1) is 0 Å². The van der Waals surface area contributed by atoms with Gasteiger partial charge in [-0.2, -0.15) is 0 Å². The molecule has 9 nitrogen and oxygen atoms in total. The minimum absolute atomic E-state index is 0.0505. The number of halogens is 1. The average molecular weight is 586 g/mol. The van der Waals surface area contributed by atoms with Gasteiger partial charge in [0, 0.05) is 30.7 Å². The first kappa shape index (κ1) is 30.5. The smallest absolute Gasteiger partial charge is 0.326 e. The maximum atomic E-state index is 11.6. The Morgan fingerprint density at radius 3 is 2.51 bits per heavy atom. The average Bonchev–Trinajstić information content (AvgIpc) is 2.98. The molecular weight excluding hydrogens is 550 g/mol. The van der Waals surface area contributed by atoms with Crippen molar-refractivity contribution in [3.63, 3.8) is 0 Å². The highest BCUT2D eigenvalue weighted by Crippen LogP contribution is 2.37. The number of benzene rings is 3. The standard InChI is InChI=1S/C31H36ClNO8/c1-19(15-34)16-40-27-13-28(25(32)11-23(27)14-33-31(3,18-35)30(36)37)41-17-22-5-4-6-24(20(22)2)21-7-8-26-29(12-21)39-10-9-38-26/h4-8,11-13,19,33-35H,9-10,14-18H2,1-3H3,(H,36,37)/t19-,31?/m1/s1. The van der Waals surface area contributed by atoms with Gasteiger partial charge in [-0.05, 0) is 54.3 Å². The van der Waals surface area contributed by atoms with Crippen molar-refractivity contribution in [1.82, 2.24) is 5.32 Å². The number of ether oxygens (including phenoxy) is 4. The van der Waals surface area contributed by atoms with Gasteiger partial charge in [0.2, 0.25) is 0 Å². The van der Waals surface area contributed by atoms with Gasteiger partial charge in [-0.3, -0.25) is 10.1 Å². The van der Waals surface area contributed by atoms with E-state index in [-0.39, 0.29) is 32.3 Å². The molecule has 0 aromatic heterocycles. The first-order chi connectivity index (χ1) is 19.6. The molecule has 1 aliphatic heterocycles. The van der Waals surface area contributed by atoms with Crippen molar-refractivity contribution in [3.8, 4) is 34.1 Å². The summed E-state index contributed by atoms with van der Waals surface area (Å²) in [6.07, 6.45) is 0. The van der Waals surface area contributed by atoms with E-state index in [0.29, 0.717) is 35.3 Å².